The molecule has 1 aliphatic heterocycles. The fourth-order valence-electron chi connectivity index (χ4n) is 3.45. The molecule has 1 fully saturated rings. The fraction of sp³-hybridized carbons (Fsp3) is 0.278. The summed E-state index contributed by atoms with van der Waals surface area (Å²) in [5, 5.41) is 2.00. The molecular weight excluding hydrogens is 310 g/mol. The number of hydrogen-bond acceptors (Lipinski definition) is 3. The van der Waals surface area contributed by atoms with Crippen LogP contribution < -0.4 is 4.74 Å². The summed E-state index contributed by atoms with van der Waals surface area (Å²) in [4.78, 5) is 12.2. The second-order valence-corrected chi connectivity index (χ2v) is 7.40. The molecule has 1 saturated heterocycles. The van der Waals surface area contributed by atoms with Crippen LogP contribution in [-0.2, 0) is 15.8 Å². The van der Waals surface area contributed by atoms with Crippen molar-refractivity contribution in [3.63, 3.8) is 0 Å². The van der Waals surface area contributed by atoms with Crippen molar-refractivity contribution in [1.82, 2.24) is 4.31 Å². The Labute approximate surface area is 137 Å². The zero-order chi connectivity index (χ0) is 16.0. The Morgan fingerprint density at radius 1 is 1.22 bits per heavy atom. The molecule has 0 radical (unpaired) electrons. The Kier molecular flexibility index (Phi) is 3.54. The highest BCUT2D eigenvalue weighted by Crippen LogP contribution is 2.37. The minimum atomic E-state index is -1.31. The van der Waals surface area contributed by atoms with Gasteiger partial charge in [-0.1, -0.05) is 30.3 Å². The van der Waals surface area contributed by atoms with E-state index >= 15 is 0 Å². The number of allylic oxidation sites excluding steroid dienone is 1. The second kappa shape index (κ2) is 5.58. The van der Waals surface area contributed by atoms with E-state index in [2.05, 4.69) is 0 Å². The van der Waals surface area contributed by atoms with Crippen molar-refractivity contribution < 1.29 is 13.7 Å². The molecule has 0 bridgehead atoms. The number of rotatable bonds is 3. The first kappa shape index (κ1) is 14.6. The summed E-state index contributed by atoms with van der Waals surface area (Å²) in [5.74, 6) is 1.06. The third-order valence-corrected chi connectivity index (χ3v) is 6.09. The third-order valence-electron chi connectivity index (χ3n) is 4.57. The van der Waals surface area contributed by atoms with E-state index in [-0.39, 0.29) is 11.7 Å². The maximum absolute atomic E-state index is 13.2. The number of ketones is 1. The Balaban J connectivity index is 1.76. The Morgan fingerprint density at radius 2 is 2.04 bits per heavy atom. The molecule has 4 nitrogen and oxygen atoms in total. The predicted molar refractivity (Wildman–Crippen MR) is 89.7 cm³/mol. The van der Waals surface area contributed by atoms with Crippen molar-refractivity contribution in [2.24, 2.45) is 5.92 Å². The first-order chi connectivity index (χ1) is 11.2. The summed E-state index contributed by atoms with van der Waals surface area (Å²) < 4.78 is 20.6. The predicted octanol–water partition coefficient (Wildman–Crippen LogP) is 2.70. The van der Waals surface area contributed by atoms with Crippen LogP contribution in [0.4, 0.5) is 0 Å². The lowest BCUT2D eigenvalue weighted by Gasteiger charge is -2.18. The molecule has 0 saturated carbocycles. The van der Waals surface area contributed by atoms with Crippen molar-refractivity contribution in [1.29, 1.82) is 0 Å². The lowest BCUT2D eigenvalue weighted by Crippen LogP contribution is -2.24. The molecule has 0 spiro atoms. The van der Waals surface area contributed by atoms with Gasteiger partial charge in [-0.2, -0.15) is 0 Å². The highest BCUT2D eigenvalue weighted by molar-refractivity contribution is 7.83. The molecular formula is C18H17NO3S. The van der Waals surface area contributed by atoms with E-state index in [1.54, 1.807) is 13.2 Å². The summed E-state index contributed by atoms with van der Waals surface area (Å²) in [6, 6.07) is 11.8. The van der Waals surface area contributed by atoms with Gasteiger partial charge >= 0.3 is 0 Å². The van der Waals surface area contributed by atoms with Crippen LogP contribution in [0, 0.1) is 5.92 Å². The minimum Gasteiger partial charge on any atom is -0.495 e. The quantitative estimate of drug-likeness (QED) is 0.871. The average Bonchev–Trinajstić information content (AvgIpc) is 3.10. The first-order valence-corrected chi connectivity index (χ1v) is 8.74. The lowest BCUT2D eigenvalue weighted by molar-refractivity contribution is -0.114. The number of benzene rings is 2. The van der Waals surface area contributed by atoms with Crippen LogP contribution in [0.1, 0.15) is 6.42 Å². The van der Waals surface area contributed by atoms with Crippen molar-refractivity contribution in [2.75, 3.05) is 20.2 Å². The largest absolute Gasteiger partial charge is 0.495 e. The molecule has 1 unspecified atom stereocenters. The normalized spacial score (nSPS) is 22.2. The number of carbonyl (C=O) groups is 1. The molecule has 2 atom stereocenters. The monoisotopic (exact) mass is 327 g/mol. The van der Waals surface area contributed by atoms with Crippen LogP contribution in [0.5, 0.6) is 5.75 Å². The molecule has 1 aliphatic carbocycles. The Morgan fingerprint density at radius 3 is 2.83 bits per heavy atom. The number of ether oxygens (including phenoxy) is 1. The SMILES string of the molecule is COc1ccc2ccccc2c1S(=O)N1CC2=CC(=O)C[C@@H]2C1. The molecule has 0 aromatic heterocycles. The van der Waals surface area contributed by atoms with E-state index in [0.29, 0.717) is 25.3 Å². The van der Waals surface area contributed by atoms with E-state index in [1.807, 2.05) is 40.7 Å². The van der Waals surface area contributed by atoms with Gasteiger partial charge < -0.3 is 4.74 Å². The van der Waals surface area contributed by atoms with E-state index in [9.17, 15) is 9.00 Å². The highest BCUT2D eigenvalue weighted by atomic mass is 32.2. The Bertz CT molecular complexity index is 858. The van der Waals surface area contributed by atoms with Gasteiger partial charge in [0.25, 0.3) is 0 Å². The third kappa shape index (κ3) is 2.40. The topological polar surface area (TPSA) is 46.6 Å². The fourth-order valence-corrected chi connectivity index (χ4v) is 4.98. The van der Waals surface area contributed by atoms with Crippen LogP contribution in [0.2, 0.25) is 0 Å². The average molecular weight is 327 g/mol. The molecule has 0 N–H and O–H groups in total. The number of fused-ring (bicyclic) bond motifs is 2. The van der Waals surface area contributed by atoms with Gasteiger partial charge in [0.05, 0.1) is 7.11 Å². The molecule has 0 amide bonds. The lowest BCUT2D eigenvalue weighted by atomic mass is 10.1. The van der Waals surface area contributed by atoms with Crippen molar-refractivity contribution in [2.45, 2.75) is 11.3 Å². The summed E-state index contributed by atoms with van der Waals surface area (Å²) in [5.41, 5.74) is 1.11. The molecule has 5 heteroatoms. The number of carbonyl (C=O) groups excluding carboxylic acids is 1. The molecule has 23 heavy (non-hydrogen) atoms. The van der Waals surface area contributed by atoms with Gasteiger partial charge in [-0.25, -0.2) is 8.51 Å². The summed E-state index contributed by atoms with van der Waals surface area (Å²) >= 11 is 0. The van der Waals surface area contributed by atoms with Crippen molar-refractivity contribution in [3.05, 3.63) is 48.0 Å². The molecule has 2 aromatic carbocycles. The smallest absolute Gasteiger partial charge is 0.156 e. The maximum Gasteiger partial charge on any atom is 0.156 e. The van der Waals surface area contributed by atoms with E-state index in [0.717, 1.165) is 21.2 Å². The van der Waals surface area contributed by atoms with Gasteiger partial charge in [0.1, 0.15) is 21.6 Å². The van der Waals surface area contributed by atoms with E-state index in [4.69, 9.17) is 4.74 Å². The number of hydrogen-bond donors (Lipinski definition) is 0. The van der Waals surface area contributed by atoms with E-state index in [1.165, 1.54) is 0 Å². The zero-order valence-electron chi connectivity index (χ0n) is 12.8. The molecule has 2 aromatic rings. The molecule has 1 heterocycles. The molecule has 2 aliphatic rings. The van der Waals surface area contributed by atoms with Crippen molar-refractivity contribution in [3.8, 4) is 5.75 Å². The standard InChI is InChI=1S/C18H17NO3S/c1-22-17-7-6-12-4-2-3-5-16(12)18(17)23(21)19-10-13-8-15(20)9-14(13)11-19/h2-8,14H,9-11H2,1H3/t14-,23?/m1/s1. The van der Waals surface area contributed by atoms with Crippen molar-refractivity contribution >= 4 is 27.5 Å². The van der Waals surface area contributed by atoms with E-state index < -0.39 is 11.0 Å². The van der Waals surface area contributed by atoms with Crippen LogP contribution in [0.3, 0.4) is 0 Å². The summed E-state index contributed by atoms with van der Waals surface area (Å²) in [6.07, 6.45) is 2.28. The zero-order valence-corrected chi connectivity index (χ0v) is 13.6. The second-order valence-electron chi connectivity index (χ2n) is 5.98. The highest BCUT2D eigenvalue weighted by Gasteiger charge is 2.37. The number of methoxy groups -OCH3 is 1. The van der Waals surface area contributed by atoms with Gasteiger partial charge in [-0.3, -0.25) is 4.79 Å². The van der Waals surface area contributed by atoms with Crippen LogP contribution >= 0.6 is 0 Å². The van der Waals surface area contributed by atoms with Gasteiger partial charge in [0, 0.05) is 30.8 Å². The maximum atomic E-state index is 13.2. The molecule has 4 rings (SSSR count). The minimum absolute atomic E-state index is 0.193. The van der Waals surface area contributed by atoms with Crippen LogP contribution in [0.25, 0.3) is 10.8 Å². The Hall–Kier alpha value is -1.98. The van der Waals surface area contributed by atoms with Gasteiger partial charge in [0.15, 0.2) is 5.78 Å². The molecule has 118 valence electrons. The van der Waals surface area contributed by atoms with Gasteiger partial charge in [-0.15, -0.1) is 0 Å². The van der Waals surface area contributed by atoms with Gasteiger partial charge in [-0.05, 0) is 23.1 Å². The number of nitrogens with zero attached hydrogens (tertiary/aromatic N) is 1. The van der Waals surface area contributed by atoms with Crippen LogP contribution in [-0.4, -0.2) is 34.5 Å². The first-order valence-electron chi connectivity index (χ1n) is 7.63. The van der Waals surface area contributed by atoms with Gasteiger partial charge in [0.2, 0.25) is 0 Å². The van der Waals surface area contributed by atoms with Crippen LogP contribution in [0.15, 0.2) is 52.9 Å². The summed E-state index contributed by atoms with van der Waals surface area (Å²) in [7, 11) is 0.293. The summed E-state index contributed by atoms with van der Waals surface area (Å²) in [6.45, 7) is 1.26.